The van der Waals surface area contributed by atoms with Gasteiger partial charge in [-0.2, -0.15) is 0 Å². The summed E-state index contributed by atoms with van der Waals surface area (Å²) in [4.78, 5) is 2.46. The van der Waals surface area contributed by atoms with Crippen molar-refractivity contribution in [3.05, 3.63) is 29.1 Å². The van der Waals surface area contributed by atoms with Crippen molar-refractivity contribution >= 4 is 5.69 Å². The Bertz CT molecular complexity index is 459. The van der Waals surface area contributed by atoms with Crippen molar-refractivity contribution in [3.8, 4) is 0 Å². The Morgan fingerprint density at radius 2 is 2.15 bits per heavy atom. The molecule has 1 heterocycles. The van der Waals surface area contributed by atoms with Gasteiger partial charge in [-0.1, -0.05) is 6.92 Å². The molecule has 112 valence electrons. The molecular formula is C17H27FN2. The van der Waals surface area contributed by atoms with Gasteiger partial charge in [0.1, 0.15) is 5.82 Å². The van der Waals surface area contributed by atoms with Crippen molar-refractivity contribution < 1.29 is 4.39 Å². The number of halogens is 1. The molecule has 1 saturated heterocycles. The average molecular weight is 278 g/mol. The first-order valence-electron chi connectivity index (χ1n) is 7.84. The van der Waals surface area contributed by atoms with Crippen LogP contribution in [-0.4, -0.2) is 19.1 Å². The van der Waals surface area contributed by atoms with E-state index in [0.29, 0.717) is 6.04 Å². The van der Waals surface area contributed by atoms with Gasteiger partial charge in [0, 0.05) is 24.3 Å². The van der Waals surface area contributed by atoms with Gasteiger partial charge < -0.3 is 10.2 Å². The summed E-state index contributed by atoms with van der Waals surface area (Å²) in [6, 6.07) is 4.47. The standard InChI is InChI=1S/C17H27FN2/c1-5-19-14(4)15-11-16(18)12(2)10-17(15)20-9-7-6-8-13(20)3/h10-11,13-14,19H,5-9H2,1-4H3. The maximum absolute atomic E-state index is 14.0. The molecule has 2 rings (SSSR count). The Morgan fingerprint density at radius 3 is 2.80 bits per heavy atom. The fourth-order valence-corrected chi connectivity index (χ4v) is 3.15. The molecule has 1 fully saturated rings. The minimum atomic E-state index is -0.0989. The van der Waals surface area contributed by atoms with Crippen LogP contribution < -0.4 is 10.2 Å². The van der Waals surface area contributed by atoms with Crippen LogP contribution in [0.15, 0.2) is 12.1 Å². The molecule has 0 bridgehead atoms. The third kappa shape index (κ3) is 3.14. The van der Waals surface area contributed by atoms with Gasteiger partial charge in [-0.3, -0.25) is 0 Å². The van der Waals surface area contributed by atoms with Crippen molar-refractivity contribution in [1.29, 1.82) is 0 Å². The first kappa shape index (κ1) is 15.3. The van der Waals surface area contributed by atoms with E-state index in [-0.39, 0.29) is 11.9 Å². The number of hydrogen-bond donors (Lipinski definition) is 1. The third-order valence-corrected chi connectivity index (χ3v) is 4.40. The van der Waals surface area contributed by atoms with Crippen LogP contribution in [0.5, 0.6) is 0 Å². The molecule has 0 aliphatic carbocycles. The minimum absolute atomic E-state index is 0.0989. The van der Waals surface area contributed by atoms with Crippen LogP contribution in [0, 0.1) is 12.7 Å². The fraction of sp³-hybridized carbons (Fsp3) is 0.647. The number of nitrogens with zero attached hydrogens (tertiary/aromatic N) is 1. The van der Waals surface area contributed by atoms with E-state index in [4.69, 9.17) is 0 Å². The normalized spacial score (nSPS) is 21.1. The summed E-state index contributed by atoms with van der Waals surface area (Å²) in [6.45, 7) is 10.3. The molecule has 1 aliphatic heterocycles. The lowest BCUT2D eigenvalue weighted by Gasteiger charge is -2.38. The summed E-state index contributed by atoms with van der Waals surface area (Å²) in [5.41, 5.74) is 3.04. The van der Waals surface area contributed by atoms with Crippen LogP contribution in [-0.2, 0) is 0 Å². The topological polar surface area (TPSA) is 15.3 Å². The molecule has 1 aliphatic rings. The number of nitrogens with one attached hydrogen (secondary N) is 1. The van der Waals surface area contributed by atoms with Crippen molar-refractivity contribution in [2.24, 2.45) is 0 Å². The second-order valence-electron chi connectivity index (χ2n) is 5.98. The maximum atomic E-state index is 14.0. The highest BCUT2D eigenvalue weighted by Gasteiger charge is 2.23. The van der Waals surface area contributed by atoms with Gasteiger partial charge >= 0.3 is 0 Å². The van der Waals surface area contributed by atoms with E-state index in [1.165, 1.54) is 24.9 Å². The summed E-state index contributed by atoms with van der Waals surface area (Å²) in [5.74, 6) is -0.0989. The number of piperidine rings is 1. The molecule has 1 N–H and O–H groups in total. The fourth-order valence-electron chi connectivity index (χ4n) is 3.15. The number of anilines is 1. The summed E-state index contributed by atoms with van der Waals surface area (Å²) >= 11 is 0. The molecule has 0 amide bonds. The van der Waals surface area contributed by atoms with Gasteiger partial charge in [-0.05, 0) is 69.8 Å². The predicted molar refractivity (Wildman–Crippen MR) is 83.9 cm³/mol. The molecule has 2 unspecified atom stereocenters. The largest absolute Gasteiger partial charge is 0.369 e. The van der Waals surface area contributed by atoms with Crippen LogP contribution in [0.25, 0.3) is 0 Å². The molecule has 1 aromatic carbocycles. The van der Waals surface area contributed by atoms with Crippen LogP contribution in [0.2, 0.25) is 0 Å². The molecule has 0 aromatic heterocycles. The molecule has 0 radical (unpaired) electrons. The third-order valence-electron chi connectivity index (χ3n) is 4.40. The zero-order valence-corrected chi connectivity index (χ0v) is 13.2. The molecule has 1 aromatic rings. The monoisotopic (exact) mass is 278 g/mol. The van der Waals surface area contributed by atoms with Gasteiger partial charge in [0.2, 0.25) is 0 Å². The quantitative estimate of drug-likeness (QED) is 0.888. The SMILES string of the molecule is CCNC(C)c1cc(F)c(C)cc1N1CCCCC1C. The Morgan fingerprint density at radius 1 is 1.40 bits per heavy atom. The summed E-state index contributed by atoms with van der Waals surface area (Å²) in [7, 11) is 0. The zero-order chi connectivity index (χ0) is 14.7. The van der Waals surface area contributed by atoms with Gasteiger partial charge in [0.15, 0.2) is 0 Å². The van der Waals surface area contributed by atoms with Gasteiger partial charge in [0.25, 0.3) is 0 Å². The van der Waals surface area contributed by atoms with E-state index < -0.39 is 0 Å². The maximum Gasteiger partial charge on any atom is 0.126 e. The summed E-state index contributed by atoms with van der Waals surface area (Å²) < 4.78 is 14.0. The lowest BCUT2D eigenvalue weighted by atomic mass is 9.97. The van der Waals surface area contributed by atoms with E-state index in [1.54, 1.807) is 6.07 Å². The van der Waals surface area contributed by atoms with E-state index in [9.17, 15) is 4.39 Å². The van der Waals surface area contributed by atoms with Crippen LogP contribution in [0.1, 0.15) is 57.2 Å². The van der Waals surface area contributed by atoms with Crippen LogP contribution >= 0.6 is 0 Å². The lowest BCUT2D eigenvalue weighted by molar-refractivity contribution is 0.479. The highest BCUT2D eigenvalue weighted by molar-refractivity contribution is 5.58. The highest BCUT2D eigenvalue weighted by Crippen LogP contribution is 2.33. The van der Waals surface area contributed by atoms with E-state index in [2.05, 4.69) is 31.0 Å². The first-order chi connectivity index (χ1) is 9.54. The predicted octanol–water partition coefficient (Wildman–Crippen LogP) is 4.18. The van der Waals surface area contributed by atoms with Gasteiger partial charge in [-0.15, -0.1) is 0 Å². The van der Waals surface area contributed by atoms with Gasteiger partial charge in [0.05, 0.1) is 0 Å². The number of aryl methyl sites for hydroxylation is 1. The molecule has 2 nitrogen and oxygen atoms in total. The molecule has 20 heavy (non-hydrogen) atoms. The number of benzene rings is 1. The molecular weight excluding hydrogens is 251 g/mol. The zero-order valence-electron chi connectivity index (χ0n) is 13.2. The molecule has 0 saturated carbocycles. The van der Waals surface area contributed by atoms with Crippen molar-refractivity contribution in [3.63, 3.8) is 0 Å². The van der Waals surface area contributed by atoms with Crippen molar-refractivity contribution in [2.75, 3.05) is 18.0 Å². The number of hydrogen-bond acceptors (Lipinski definition) is 2. The van der Waals surface area contributed by atoms with Crippen molar-refractivity contribution in [1.82, 2.24) is 5.32 Å². The van der Waals surface area contributed by atoms with E-state index >= 15 is 0 Å². The summed E-state index contributed by atoms with van der Waals surface area (Å²) in [5, 5.41) is 3.41. The highest BCUT2D eigenvalue weighted by atomic mass is 19.1. The van der Waals surface area contributed by atoms with Crippen LogP contribution in [0.4, 0.5) is 10.1 Å². The first-order valence-corrected chi connectivity index (χ1v) is 7.84. The minimum Gasteiger partial charge on any atom is -0.369 e. The molecule has 3 heteroatoms. The Balaban J connectivity index is 2.41. The average Bonchev–Trinajstić information content (AvgIpc) is 2.42. The second-order valence-corrected chi connectivity index (χ2v) is 5.98. The number of rotatable bonds is 4. The smallest absolute Gasteiger partial charge is 0.126 e. The Labute approximate surface area is 122 Å². The second kappa shape index (κ2) is 6.57. The Kier molecular flexibility index (Phi) is 5.03. The molecule has 0 spiro atoms. The molecule has 2 atom stereocenters. The van der Waals surface area contributed by atoms with Gasteiger partial charge in [-0.25, -0.2) is 4.39 Å². The van der Waals surface area contributed by atoms with Crippen molar-refractivity contribution in [2.45, 2.75) is 59.0 Å². The lowest BCUT2D eigenvalue weighted by Crippen LogP contribution is -2.38. The van der Waals surface area contributed by atoms with E-state index in [1.807, 2.05) is 13.0 Å². The Hall–Kier alpha value is -1.09. The van der Waals surface area contributed by atoms with E-state index in [0.717, 1.165) is 24.2 Å². The summed E-state index contributed by atoms with van der Waals surface area (Å²) in [6.07, 6.45) is 3.76. The van der Waals surface area contributed by atoms with Crippen LogP contribution in [0.3, 0.4) is 0 Å².